The molecule has 0 unspecified atom stereocenters. The summed E-state index contributed by atoms with van der Waals surface area (Å²) >= 11 is 3.48. The molecule has 3 N–H and O–H groups in total. The van der Waals surface area contributed by atoms with Gasteiger partial charge in [-0.3, -0.25) is 0 Å². The van der Waals surface area contributed by atoms with Crippen LogP contribution in [0.3, 0.4) is 0 Å². The normalized spacial score (nSPS) is 26.4. The molecule has 1 spiro atoms. The quantitative estimate of drug-likeness (QED) is 0.773. The van der Waals surface area contributed by atoms with Crippen LogP contribution in [0.2, 0.25) is 0 Å². The van der Waals surface area contributed by atoms with E-state index in [1.807, 2.05) is 12.1 Å². The lowest BCUT2D eigenvalue weighted by molar-refractivity contribution is 0.00790. The third-order valence-electron chi connectivity index (χ3n) is 3.80. The number of hydrogen-bond donors (Lipinski definition) is 2. The van der Waals surface area contributed by atoms with E-state index in [-0.39, 0.29) is 11.6 Å². The van der Waals surface area contributed by atoms with E-state index in [2.05, 4.69) is 27.3 Å². The number of piperidine rings is 1. The molecule has 1 aromatic carbocycles. The molecule has 2 heterocycles. The van der Waals surface area contributed by atoms with E-state index in [0.717, 1.165) is 48.1 Å². The zero-order chi connectivity index (χ0) is 11.9. The van der Waals surface area contributed by atoms with Crippen molar-refractivity contribution >= 4 is 15.9 Å². The Labute approximate surface area is 110 Å². The Morgan fingerprint density at radius 1 is 1.35 bits per heavy atom. The van der Waals surface area contributed by atoms with Crippen LogP contribution in [0.25, 0.3) is 0 Å². The maximum atomic E-state index is 6.30. The predicted molar refractivity (Wildman–Crippen MR) is 71.2 cm³/mol. The summed E-state index contributed by atoms with van der Waals surface area (Å²) in [7, 11) is 0. The SMILES string of the molecule is N[C@H]1CC2(CCNCC2)Oc2ccc(Br)cc21. The van der Waals surface area contributed by atoms with Gasteiger partial charge in [-0.1, -0.05) is 15.9 Å². The monoisotopic (exact) mass is 296 g/mol. The van der Waals surface area contributed by atoms with Crippen molar-refractivity contribution in [1.29, 1.82) is 0 Å². The summed E-state index contributed by atoms with van der Waals surface area (Å²) in [6.07, 6.45) is 3.03. The average Bonchev–Trinajstić information content (AvgIpc) is 2.31. The van der Waals surface area contributed by atoms with E-state index in [1.165, 1.54) is 0 Å². The zero-order valence-electron chi connectivity index (χ0n) is 9.71. The van der Waals surface area contributed by atoms with E-state index < -0.39 is 0 Å². The molecule has 0 amide bonds. The smallest absolute Gasteiger partial charge is 0.124 e. The number of nitrogens with two attached hydrogens (primary N) is 1. The lowest BCUT2D eigenvalue weighted by Gasteiger charge is -2.43. The molecule has 2 aliphatic heterocycles. The number of ether oxygens (including phenoxy) is 1. The van der Waals surface area contributed by atoms with Gasteiger partial charge in [-0.2, -0.15) is 0 Å². The van der Waals surface area contributed by atoms with Gasteiger partial charge in [-0.05, 0) is 44.1 Å². The van der Waals surface area contributed by atoms with E-state index in [9.17, 15) is 0 Å². The molecule has 0 aromatic heterocycles. The van der Waals surface area contributed by atoms with E-state index in [4.69, 9.17) is 10.5 Å². The second kappa shape index (κ2) is 4.26. The van der Waals surface area contributed by atoms with Crippen molar-refractivity contribution in [3.8, 4) is 5.75 Å². The van der Waals surface area contributed by atoms with Crippen molar-refractivity contribution in [3.63, 3.8) is 0 Å². The molecule has 1 atom stereocenters. The fourth-order valence-electron chi connectivity index (χ4n) is 2.88. The van der Waals surface area contributed by atoms with Gasteiger partial charge >= 0.3 is 0 Å². The fraction of sp³-hybridized carbons (Fsp3) is 0.538. The summed E-state index contributed by atoms with van der Waals surface area (Å²) in [6.45, 7) is 2.05. The van der Waals surface area contributed by atoms with Crippen LogP contribution in [0.15, 0.2) is 22.7 Å². The molecule has 3 nitrogen and oxygen atoms in total. The van der Waals surface area contributed by atoms with Crippen LogP contribution in [0.5, 0.6) is 5.75 Å². The predicted octanol–water partition coefficient (Wildman–Crippen LogP) is 2.35. The Bertz CT molecular complexity index is 429. The Hall–Kier alpha value is -0.580. The lowest BCUT2D eigenvalue weighted by Crippen LogP contribution is -2.50. The highest BCUT2D eigenvalue weighted by Gasteiger charge is 2.40. The van der Waals surface area contributed by atoms with Crippen LogP contribution in [0, 0.1) is 0 Å². The van der Waals surface area contributed by atoms with Gasteiger partial charge in [-0.25, -0.2) is 0 Å². The first-order valence-electron chi connectivity index (χ1n) is 6.13. The van der Waals surface area contributed by atoms with Crippen molar-refractivity contribution in [2.75, 3.05) is 13.1 Å². The summed E-state index contributed by atoms with van der Waals surface area (Å²) in [5, 5.41) is 3.38. The molecular formula is C13H17BrN2O. The van der Waals surface area contributed by atoms with Gasteiger partial charge in [-0.15, -0.1) is 0 Å². The van der Waals surface area contributed by atoms with Gasteiger partial charge in [0.05, 0.1) is 0 Å². The van der Waals surface area contributed by atoms with Gasteiger partial charge in [0.15, 0.2) is 0 Å². The van der Waals surface area contributed by atoms with Crippen LogP contribution in [-0.4, -0.2) is 18.7 Å². The molecule has 0 saturated carbocycles. The van der Waals surface area contributed by atoms with Gasteiger partial charge in [0.1, 0.15) is 11.4 Å². The first-order valence-corrected chi connectivity index (χ1v) is 6.93. The van der Waals surface area contributed by atoms with Crippen LogP contribution >= 0.6 is 15.9 Å². The molecule has 1 saturated heterocycles. The van der Waals surface area contributed by atoms with Crippen molar-refractivity contribution in [2.45, 2.75) is 30.9 Å². The van der Waals surface area contributed by atoms with Gasteiger partial charge in [0.25, 0.3) is 0 Å². The number of nitrogens with one attached hydrogen (secondary N) is 1. The summed E-state index contributed by atoms with van der Waals surface area (Å²) in [6, 6.07) is 6.22. The maximum absolute atomic E-state index is 6.30. The largest absolute Gasteiger partial charge is 0.487 e. The highest BCUT2D eigenvalue weighted by atomic mass is 79.9. The van der Waals surface area contributed by atoms with Crippen LogP contribution in [0.4, 0.5) is 0 Å². The highest BCUT2D eigenvalue weighted by Crippen LogP contribution is 2.43. The minimum atomic E-state index is -0.0362. The zero-order valence-corrected chi connectivity index (χ0v) is 11.3. The molecule has 1 aromatic rings. The molecule has 3 rings (SSSR count). The lowest BCUT2D eigenvalue weighted by atomic mass is 9.81. The summed E-state index contributed by atoms with van der Waals surface area (Å²) in [4.78, 5) is 0. The van der Waals surface area contributed by atoms with Crippen LogP contribution in [-0.2, 0) is 0 Å². The van der Waals surface area contributed by atoms with E-state index >= 15 is 0 Å². The molecular weight excluding hydrogens is 280 g/mol. The van der Waals surface area contributed by atoms with Gasteiger partial charge in [0.2, 0.25) is 0 Å². The molecule has 2 aliphatic rings. The molecule has 1 fully saturated rings. The molecule has 92 valence electrons. The maximum Gasteiger partial charge on any atom is 0.124 e. The van der Waals surface area contributed by atoms with Gasteiger partial charge < -0.3 is 15.8 Å². The van der Waals surface area contributed by atoms with Crippen molar-refractivity contribution in [1.82, 2.24) is 5.32 Å². The molecule has 4 heteroatoms. The second-order valence-electron chi connectivity index (χ2n) is 5.03. The molecule has 0 aliphatic carbocycles. The summed E-state index contributed by atoms with van der Waals surface area (Å²) in [5.41, 5.74) is 7.39. The summed E-state index contributed by atoms with van der Waals surface area (Å²) < 4.78 is 7.31. The van der Waals surface area contributed by atoms with Crippen molar-refractivity contribution in [2.24, 2.45) is 5.73 Å². The van der Waals surface area contributed by atoms with Crippen molar-refractivity contribution in [3.05, 3.63) is 28.2 Å². The fourth-order valence-corrected chi connectivity index (χ4v) is 3.26. The van der Waals surface area contributed by atoms with Gasteiger partial charge in [0, 0.05) is 22.5 Å². The Balaban J connectivity index is 1.94. The van der Waals surface area contributed by atoms with Crippen LogP contribution < -0.4 is 15.8 Å². The first-order chi connectivity index (χ1) is 8.19. The molecule has 0 bridgehead atoms. The van der Waals surface area contributed by atoms with E-state index in [1.54, 1.807) is 0 Å². The number of hydrogen-bond acceptors (Lipinski definition) is 3. The standard InChI is InChI=1S/C13H17BrN2O/c14-9-1-2-12-10(7-9)11(15)8-13(17-12)3-5-16-6-4-13/h1-2,7,11,16H,3-6,8,15H2/t11-/m0/s1. The third kappa shape index (κ3) is 2.09. The number of benzene rings is 1. The Morgan fingerprint density at radius 2 is 2.12 bits per heavy atom. The van der Waals surface area contributed by atoms with Crippen LogP contribution in [0.1, 0.15) is 30.9 Å². The van der Waals surface area contributed by atoms with E-state index in [0.29, 0.717) is 0 Å². The minimum Gasteiger partial charge on any atom is -0.487 e. The second-order valence-corrected chi connectivity index (χ2v) is 5.94. The molecule has 17 heavy (non-hydrogen) atoms. The highest BCUT2D eigenvalue weighted by molar-refractivity contribution is 9.10. The first kappa shape index (κ1) is 11.5. The minimum absolute atomic E-state index is 0.0362. The number of rotatable bonds is 0. The molecule has 0 radical (unpaired) electrons. The Kier molecular flexibility index (Phi) is 2.89. The Morgan fingerprint density at radius 3 is 2.88 bits per heavy atom. The topological polar surface area (TPSA) is 47.3 Å². The average molecular weight is 297 g/mol. The number of fused-ring (bicyclic) bond motifs is 1. The summed E-state index contributed by atoms with van der Waals surface area (Å²) in [5.74, 6) is 0.967. The third-order valence-corrected chi connectivity index (χ3v) is 4.30. The number of halogens is 1. The van der Waals surface area contributed by atoms with Crippen molar-refractivity contribution < 1.29 is 4.74 Å².